The van der Waals surface area contributed by atoms with Gasteiger partial charge in [-0.1, -0.05) is 24.0 Å². The standard InChI is InChI=1S/C10H8BrNO2S2/c1-2-12-9(13)7(16-10(12)15)5-6-3-4-8(11)14-6/h3-5H,2H2,1H3/b7-5-. The quantitative estimate of drug-likeness (QED) is 0.619. The first-order chi connectivity index (χ1) is 7.61. The molecule has 0 bridgehead atoms. The third kappa shape index (κ3) is 2.23. The topological polar surface area (TPSA) is 33.5 Å². The van der Waals surface area contributed by atoms with E-state index in [4.69, 9.17) is 16.6 Å². The van der Waals surface area contributed by atoms with E-state index in [-0.39, 0.29) is 5.91 Å². The number of thiocarbonyl (C=S) groups is 1. The fourth-order valence-corrected chi connectivity index (χ4v) is 2.99. The Morgan fingerprint density at radius 2 is 2.38 bits per heavy atom. The van der Waals surface area contributed by atoms with E-state index in [9.17, 15) is 4.79 Å². The van der Waals surface area contributed by atoms with Crippen LogP contribution in [-0.2, 0) is 4.79 Å². The molecule has 0 atom stereocenters. The molecule has 6 heteroatoms. The Balaban J connectivity index is 2.27. The van der Waals surface area contributed by atoms with Gasteiger partial charge in [-0.3, -0.25) is 9.69 Å². The SMILES string of the molecule is CCN1C(=O)/C(=C/c2ccc(Br)o2)SC1=S. The third-order valence-electron chi connectivity index (χ3n) is 2.06. The van der Waals surface area contributed by atoms with Crippen molar-refractivity contribution >= 4 is 56.2 Å². The van der Waals surface area contributed by atoms with Crippen LogP contribution in [0.1, 0.15) is 12.7 Å². The van der Waals surface area contributed by atoms with Crippen LogP contribution in [0, 0.1) is 0 Å². The van der Waals surface area contributed by atoms with Crippen molar-refractivity contribution in [2.45, 2.75) is 6.92 Å². The van der Waals surface area contributed by atoms with E-state index in [1.807, 2.05) is 6.92 Å². The van der Waals surface area contributed by atoms with Gasteiger partial charge in [-0.15, -0.1) is 0 Å². The Labute approximate surface area is 111 Å². The zero-order valence-electron chi connectivity index (χ0n) is 8.40. The molecular weight excluding hydrogens is 310 g/mol. The summed E-state index contributed by atoms with van der Waals surface area (Å²) >= 11 is 9.62. The second-order valence-electron chi connectivity index (χ2n) is 3.07. The van der Waals surface area contributed by atoms with Gasteiger partial charge in [-0.05, 0) is 35.0 Å². The van der Waals surface area contributed by atoms with Crippen LogP contribution in [0.2, 0.25) is 0 Å². The predicted octanol–water partition coefficient (Wildman–Crippen LogP) is 3.26. The second-order valence-corrected chi connectivity index (χ2v) is 5.53. The lowest BCUT2D eigenvalue weighted by Gasteiger charge is -2.09. The van der Waals surface area contributed by atoms with E-state index in [1.165, 1.54) is 11.8 Å². The summed E-state index contributed by atoms with van der Waals surface area (Å²) < 4.78 is 6.56. The average molecular weight is 318 g/mol. The molecule has 1 aromatic rings. The maximum absolute atomic E-state index is 11.9. The number of carbonyl (C=O) groups excluding carboxylic acids is 1. The highest BCUT2D eigenvalue weighted by Gasteiger charge is 2.30. The van der Waals surface area contributed by atoms with Crippen LogP contribution >= 0.6 is 39.9 Å². The average Bonchev–Trinajstić information content (AvgIpc) is 2.74. The second kappa shape index (κ2) is 4.73. The first-order valence-electron chi connectivity index (χ1n) is 4.62. The minimum absolute atomic E-state index is 0.0509. The first kappa shape index (κ1) is 11.9. The molecule has 1 aromatic heterocycles. The van der Waals surface area contributed by atoms with Crippen molar-refractivity contribution in [1.29, 1.82) is 0 Å². The Morgan fingerprint density at radius 3 is 2.88 bits per heavy atom. The van der Waals surface area contributed by atoms with Crippen molar-refractivity contribution in [3.63, 3.8) is 0 Å². The molecule has 0 unspecified atom stereocenters. The highest BCUT2D eigenvalue weighted by molar-refractivity contribution is 9.10. The fraction of sp³-hybridized carbons (Fsp3) is 0.200. The number of carbonyl (C=O) groups is 1. The summed E-state index contributed by atoms with van der Waals surface area (Å²) in [4.78, 5) is 14.0. The predicted molar refractivity (Wildman–Crippen MR) is 72.0 cm³/mol. The summed E-state index contributed by atoms with van der Waals surface area (Å²) in [6, 6.07) is 3.58. The van der Waals surface area contributed by atoms with E-state index < -0.39 is 0 Å². The molecule has 3 nitrogen and oxygen atoms in total. The summed E-state index contributed by atoms with van der Waals surface area (Å²) in [5, 5.41) is 0. The molecule has 0 saturated carbocycles. The Kier molecular flexibility index (Phi) is 3.51. The van der Waals surface area contributed by atoms with Gasteiger partial charge in [0.2, 0.25) is 0 Å². The monoisotopic (exact) mass is 317 g/mol. The Bertz CT molecular complexity index is 481. The maximum Gasteiger partial charge on any atom is 0.266 e. The molecule has 1 aliphatic rings. The van der Waals surface area contributed by atoms with Crippen LogP contribution in [0.5, 0.6) is 0 Å². The molecule has 0 aliphatic carbocycles. The zero-order chi connectivity index (χ0) is 11.7. The van der Waals surface area contributed by atoms with Gasteiger partial charge < -0.3 is 4.42 Å². The number of furan rings is 1. The van der Waals surface area contributed by atoms with Gasteiger partial charge in [0.25, 0.3) is 5.91 Å². The van der Waals surface area contributed by atoms with Crippen LogP contribution in [-0.4, -0.2) is 21.7 Å². The smallest absolute Gasteiger partial charge is 0.266 e. The van der Waals surface area contributed by atoms with Gasteiger partial charge in [0, 0.05) is 12.6 Å². The van der Waals surface area contributed by atoms with Gasteiger partial charge in [0.05, 0.1) is 4.91 Å². The molecule has 2 heterocycles. The maximum atomic E-state index is 11.9. The molecule has 1 saturated heterocycles. The molecular formula is C10H8BrNO2S2. The summed E-state index contributed by atoms with van der Waals surface area (Å²) in [5.74, 6) is 0.591. The van der Waals surface area contributed by atoms with Crippen molar-refractivity contribution in [1.82, 2.24) is 4.90 Å². The number of halogens is 1. The van der Waals surface area contributed by atoms with Crippen molar-refractivity contribution in [2.24, 2.45) is 0 Å². The number of likely N-dealkylation sites (N-methyl/N-ethyl adjacent to an activating group) is 1. The Morgan fingerprint density at radius 1 is 1.62 bits per heavy atom. The van der Waals surface area contributed by atoms with Gasteiger partial charge in [0.15, 0.2) is 4.67 Å². The Hall–Kier alpha value is -0.590. The summed E-state index contributed by atoms with van der Waals surface area (Å²) in [6.45, 7) is 2.50. The van der Waals surface area contributed by atoms with E-state index in [1.54, 1.807) is 23.1 Å². The number of nitrogens with zero attached hydrogens (tertiary/aromatic N) is 1. The largest absolute Gasteiger partial charge is 0.450 e. The van der Waals surface area contributed by atoms with Crippen LogP contribution in [0.25, 0.3) is 6.08 Å². The number of hydrogen-bond donors (Lipinski definition) is 0. The zero-order valence-corrected chi connectivity index (χ0v) is 11.6. The number of amides is 1. The third-order valence-corrected chi connectivity index (χ3v) is 3.86. The van der Waals surface area contributed by atoms with Gasteiger partial charge >= 0.3 is 0 Å². The summed E-state index contributed by atoms with van der Waals surface area (Å²) in [6.07, 6.45) is 1.71. The lowest BCUT2D eigenvalue weighted by atomic mass is 10.3. The first-order valence-corrected chi connectivity index (χ1v) is 6.64. The number of thioether (sulfide) groups is 1. The van der Waals surface area contributed by atoms with Crippen LogP contribution in [0.15, 0.2) is 26.1 Å². The molecule has 0 radical (unpaired) electrons. The molecule has 2 rings (SSSR count). The van der Waals surface area contributed by atoms with Crippen molar-refractivity contribution < 1.29 is 9.21 Å². The normalized spacial score (nSPS) is 18.9. The van der Waals surface area contributed by atoms with E-state index in [2.05, 4.69) is 15.9 Å². The molecule has 1 amide bonds. The molecule has 84 valence electrons. The van der Waals surface area contributed by atoms with Crippen molar-refractivity contribution in [3.05, 3.63) is 27.5 Å². The molecule has 0 spiro atoms. The molecule has 16 heavy (non-hydrogen) atoms. The van der Waals surface area contributed by atoms with E-state index in [0.717, 1.165) is 0 Å². The van der Waals surface area contributed by atoms with Gasteiger partial charge in [-0.25, -0.2) is 0 Å². The highest BCUT2D eigenvalue weighted by atomic mass is 79.9. The molecule has 1 aliphatic heterocycles. The van der Waals surface area contributed by atoms with E-state index >= 15 is 0 Å². The summed E-state index contributed by atoms with van der Waals surface area (Å²) in [5.41, 5.74) is 0. The molecule has 0 aromatic carbocycles. The molecule has 0 N–H and O–H groups in total. The van der Waals surface area contributed by atoms with Crippen molar-refractivity contribution in [3.8, 4) is 0 Å². The lowest BCUT2D eigenvalue weighted by Crippen LogP contribution is -2.27. The fourth-order valence-electron chi connectivity index (χ4n) is 1.31. The minimum Gasteiger partial charge on any atom is -0.450 e. The van der Waals surface area contributed by atoms with Crippen molar-refractivity contribution in [2.75, 3.05) is 6.54 Å². The number of hydrogen-bond acceptors (Lipinski definition) is 4. The highest BCUT2D eigenvalue weighted by Crippen LogP contribution is 2.32. The minimum atomic E-state index is -0.0509. The van der Waals surface area contributed by atoms with Crippen LogP contribution in [0.3, 0.4) is 0 Å². The lowest BCUT2D eigenvalue weighted by molar-refractivity contribution is -0.121. The van der Waals surface area contributed by atoms with E-state index in [0.29, 0.717) is 26.2 Å². The van der Waals surface area contributed by atoms with Gasteiger partial charge in [-0.2, -0.15) is 0 Å². The number of rotatable bonds is 2. The van der Waals surface area contributed by atoms with Crippen LogP contribution < -0.4 is 0 Å². The van der Waals surface area contributed by atoms with Crippen LogP contribution in [0.4, 0.5) is 0 Å². The van der Waals surface area contributed by atoms with Gasteiger partial charge in [0.1, 0.15) is 10.1 Å². The summed E-state index contributed by atoms with van der Waals surface area (Å²) in [7, 11) is 0. The molecule has 1 fully saturated rings.